The molecule has 0 fully saturated rings. The number of carbonyl (C=O) groups excluding carboxylic acids is 1. The van der Waals surface area contributed by atoms with Crippen LogP contribution >= 0.6 is 11.6 Å². The summed E-state index contributed by atoms with van der Waals surface area (Å²) in [6.07, 6.45) is 3.83. The molecule has 1 aromatic rings. The molecule has 5 nitrogen and oxygen atoms in total. The summed E-state index contributed by atoms with van der Waals surface area (Å²) < 4.78 is 10.8. The Morgan fingerprint density at radius 2 is 1.68 bits per heavy atom. The van der Waals surface area contributed by atoms with Crippen LogP contribution in [0.4, 0.5) is 0 Å². The average molecular weight is 367 g/mol. The number of carbonyl (C=O) groups is 1. The Balaban J connectivity index is 2.06. The number of hydrogen-bond acceptors (Lipinski definition) is 4. The standard InChI is InChI=1S/C19H27ClN2O3/c1-21(2)8-7-16(20)13-19(23)22-9-5-14-11-17(24-3)18(25-4)12-15(14)6-10-22/h11-13H,5-10H2,1-4H3/b16-13-. The van der Waals surface area contributed by atoms with Crippen LogP contribution < -0.4 is 9.47 Å². The third kappa shape index (κ3) is 5.38. The van der Waals surface area contributed by atoms with E-state index < -0.39 is 0 Å². The summed E-state index contributed by atoms with van der Waals surface area (Å²) in [6.45, 7) is 2.18. The van der Waals surface area contributed by atoms with E-state index >= 15 is 0 Å². The molecule has 0 N–H and O–H groups in total. The zero-order valence-electron chi connectivity index (χ0n) is 15.5. The van der Waals surface area contributed by atoms with Gasteiger partial charge in [0.25, 0.3) is 0 Å². The van der Waals surface area contributed by atoms with Crippen molar-refractivity contribution >= 4 is 17.5 Å². The summed E-state index contributed by atoms with van der Waals surface area (Å²) in [7, 11) is 7.25. The lowest BCUT2D eigenvalue weighted by molar-refractivity contribution is -0.125. The van der Waals surface area contributed by atoms with Crippen LogP contribution in [0.5, 0.6) is 11.5 Å². The van der Waals surface area contributed by atoms with E-state index in [4.69, 9.17) is 21.1 Å². The molecule has 1 aliphatic heterocycles. The molecule has 25 heavy (non-hydrogen) atoms. The van der Waals surface area contributed by atoms with Crippen molar-refractivity contribution in [3.8, 4) is 11.5 Å². The SMILES string of the molecule is COc1cc2c(cc1OC)CCN(C(=O)/C=C(\Cl)CCN(C)C)CC2. The maximum atomic E-state index is 12.5. The van der Waals surface area contributed by atoms with Crippen molar-refractivity contribution < 1.29 is 14.3 Å². The first-order valence-electron chi connectivity index (χ1n) is 8.48. The minimum absolute atomic E-state index is 0.0181. The van der Waals surface area contributed by atoms with Crippen molar-refractivity contribution in [1.82, 2.24) is 9.80 Å². The third-order valence-electron chi connectivity index (χ3n) is 4.40. The number of rotatable bonds is 6. The number of hydrogen-bond donors (Lipinski definition) is 0. The molecule has 0 aliphatic carbocycles. The summed E-state index contributed by atoms with van der Waals surface area (Å²) in [4.78, 5) is 16.4. The van der Waals surface area contributed by atoms with Crippen LogP contribution in [0.2, 0.25) is 0 Å². The lowest BCUT2D eigenvalue weighted by atomic mass is 10.0. The Labute approximate surface area is 155 Å². The normalized spacial score (nSPS) is 15.0. The molecule has 1 amide bonds. The maximum Gasteiger partial charge on any atom is 0.247 e. The maximum absolute atomic E-state index is 12.5. The van der Waals surface area contributed by atoms with Gasteiger partial charge in [0, 0.05) is 30.7 Å². The molecular formula is C19H27ClN2O3. The minimum Gasteiger partial charge on any atom is -0.493 e. The largest absolute Gasteiger partial charge is 0.493 e. The topological polar surface area (TPSA) is 42.0 Å². The number of benzene rings is 1. The van der Waals surface area contributed by atoms with Gasteiger partial charge in [-0.15, -0.1) is 0 Å². The van der Waals surface area contributed by atoms with Gasteiger partial charge < -0.3 is 19.3 Å². The first-order valence-corrected chi connectivity index (χ1v) is 8.86. The van der Waals surface area contributed by atoms with Gasteiger partial charge >= 0.3 is 0 Å². The molecule has 138 valence electrons. The van der Waals surface area contributed by atoms with Crippen LogP contribution in [0.1, 0.15) is 17.5 Å². The zero-order chi connectivity index (χ0) is 18.4. The Morgan fingerprint density at radius 1 is 1.16 bits per heavy atom. The fraction of sp³-hybridized carbons (Fsp3) is 0.526. The van der Waals surface area contributed by atoms with Gasteiger partial charge in [-0.1, -0.05) is 11.6 Å². The average Bonchev–Trinajstić information content (AvgIpc) is 2.80. The third-order valence-corrected chi connectivity index (χ3v) is 4.70. The summed E-state index contributed by atoms with van der Waals surface area (Å²) in [5, 5.41) is 0.601. The van der Waals surface area contributed by atoms with Crippen LogP contribution in [-0.2, 0) is 17.6 Å². The van der Waals surface area contributed by atoms with E-state index in [1.807, 2.05) is 36.0 Å². The molecule has 0 saturated heterocycles. The van der Waals surface area contributed by atoms with Gasteiger partial charge in [-0.2, -0.15) is 0 Å². The van der Waals surface area contributed by atoms with E-state index in [9.17, 15) is 4.79 Å². The number of methoxy groups -OCH3 is 2. The highest BCUT2D eigenvalue weighted by molar-refractivity contribution is 6.31. The van der Waals surface area contributed by atoms with Crippen LogP contribution in [-0.4, -0.2) is 63.7 Å². The highest BCUT2D eigenvalue weighted by Crippen LogP contribution is 2.32. The molecule has 0 saturated carbocycles. The second-order valence-electron chi connectivity index (χ2n) is 6.45. The second-order valence-corrected chi connectivity index (χ2v) is 6.93. The summed E-state index contributed by atoms with van der Waals surface area (Å²) in [6, 6.07) is 4.03. The molecule has 1 aliphatic rings. The molecule has 0 atom stereocenters. The van der Waals surface area contributed by atoms with E-state index in [0.717, 1.165) is 30.9 Å². The quantitative estimate of drug-likeness (QED) is 0.726. The van der Waals surface area contributed by atoms with E-state index in [1.54, 1.807) is 20.3 Å². The van der Waals surface area contributed by atoms with E-state index in [-0.39, 0.29) is 5.91 Å². The Hall–Kier alpha value is -1.72. The van der Waals surface area contributed by atoms with Gasteiger partial charge in [-0.25, -0.2) is 0 Å². The van der Waals surface area contributed by atoms with Gasteiger partial charge in [0.1, 0.15) is 0 Å². The van der Waals surface area contributed by atoms with E-state index in [1.165, 1.54) is 11.1 Å². The Bertz CT molecular complexity index is 609. The molecule has 0 bridgehead atoms. The molecule has 0 spiro atoms. The van der Waals surface area contributed by atoms with Crippen LogP contribution in [0.15, 0.2) is 23.2 Å². The first kappa shape index (κ1) is 19.6. The molecule has 6 heteroatoms. The van der Waals surface area contributed by atoms with Gasteiger partial charge in [-0.05, 0) is 56.6 Å². The minimum atomic E-state index is -0.0181. The highest BCUT2D eigenvalue weighted by atomic mass is 35.5. The van der Waals surface area contributed by atoms with Crippen molar-refractivity contribution in [1.29, 1.82) is 0 Å². The van der Waals surface area contributed by atoms with Crippen LogP contribution in [0.25, 0.3) is 0 Å². The lowest BCUT2D eigenvalue weighted by Gasteiger charge is -2.18. The van der Waals surface area contributed by atoms with Crippen LogP contribution in [0.3, 0.4) is 0 Å². The number of ether oxygens (including phenoxy) is 2. The highest BCUT2D eigenvalue weighted by Gasteiger charge is 2.19. The number of nitrogens with zero attached hydrogens (tertiary/aromatic N) is 2. The second kappa shape index (κ2) is 9.11. The number of halogens is 1. The molecule has 1 heterocycles. The smallest absolute Gasteiger partial charge is 0.247 e. The predicted molar refractivity (Wildman–Crippen MR) is 101 cm³/mol. The molecule has 1 aromatic carbocycles. The monoisotopic (exact) mass is 366 g/mol. The van der Waals surface area contributed by atoms with E-state index in [2.05, 4.69) is 0 Å². The Morgan fingerprint density at radius 3 is 2.12 bits per heavy atom. The van der Waals surface area contributed by atoms with Crippen molar-refractivity contribution in [2.24, 2.45) is 0 Å². The number of amides is 1. The van der Waals surface area contributed by atoms with Crippen molar-refractivity contribution in [3.63, 3.8) is 0 Å². The molecular weight excluding hydrogens is 340 g/mol. The van der Waals surface area contributed by atoms with Crippen molar-refractivity contribution in [2.75, 3.05) is 47.9 Å². The summed E-state index contributed by atoms with van der Waals surface area (Å²) in [5.41, 5.74) is 2.41. The predicted octanol–water partition coefficient (Wildman–Crippen LogP) is 2.71. The first-order chi connectivity index (χ1) is 11.9. The van der Waals surface area contributed by atoms with Gasteiger partial charge in [0.2, 0.25) is 5.91 Å². The summed E-state index contributed by atoms with van der Waals surface area (Å²) >= 11 is 6.20. The zero-order valence-corrected chi connectivity index (χ0v) is 16.2. The Kier molecular flexibility index (Phi) is 7.14. The fourth-order valence-electron chi connectivity index (χ4n) is 2.90. The summed E-state index contributed by atoms with van der Waals surface area (Å²) in [5.74, 6) is 1.44. The molecule has 0 unspecified atom stereocenters. The van der Waals surface area contributed by atoms with Gasteiger partial charge in [0.05, 0.1) is 14.2 Å². The van der Waals surface area contributed by atoms with Crippen molar-refractivity contribution in [3.05, 3.63) is 34.4 Å². The fourth-order valence-corrected chi connectivity index (χ4v) is 3.08. The van der Waals surface area contributed by atoms with Gasteiger partial charge in [-0.3, -0.25) is 4.79 Å². The van der Waals surface area contributed by atoms with Gasteiger partial charge in [0.15, 0.2) is 11.5 Å². The molecule has 2 rings (SSSR count). The molecule has 0 radical (unpaired) electrons. The van der Waals surface area contributed by atoms with E-state index in [0.29, 0.717) is 24.5 Å². The van der Waals surface area contributed by atoms with Crippen LogP contribution in [0, 0.1) is 0 Å². The van der Waals surface area contributed by atoms with Crippen molar-refractivity contribution in [2.45, 2.75) is 19.3 Å². The lowest BCUT2D eigenvalue weighted by Crippen LogP contribution is -2.32. The number of fused-ring (bicyclic) bond motifs is 1. The molecule has 0 aromatic heterocycles.